The van der Waals surface area contributed by atoms with Crippen molar-refractivity contribution < 1.29 is 9.84 Å². The van der Waals surface area contributed by atoms with E-state index in [2.05, 4.69) is 38.7 Å². The van der Waals surface area contributed by atoms with Crippen LogP contribution < -0.4 is 4.74 Å². The quantitative estimate of drug-likeness (QED) is 0.755. The number of nitrogens with zero attached hydrogens (tertiary/aromatic N) is 1. The summed E-state index contributed by atoms with van der Waals surface area (Å²) in [7, 11) is 0. The first kappa shape index (κ1) is 20.8. The summed E-state index contributed by atoms with van der Waals surface area (Å²) < 4.78 is 5.89. The summed E-state index contributed by atoms with van der Waals surface area (Å²) in [5.74, 6) is 1.42. The standard InChI is InChI=1S/C19H25NO2S.ClH/c1-14-8-9-17(16(11-14)19(2,3)4)22-12-15(21)13-23-18-7-5-6-10-20-18;/h5-11,15,21H,12-13H2,1-4H3;1H. The van der Waals surface area contributed by atoms with Crippen molar-refractivity contribution in [3.05, 3.63) is 53.7 Å². The van der Waals surface area contributed by atoms with E-state index in [9.17, 15) is 5.11 Å². The minimum Gasteiger partial charge on any atom is -0.491 e. The molecule has 0 aliphatic rings. The van der Waals surface area contributed by atoms with Crippen LogP contribution in [-0.2, 0) is 5.41 Å². The molecule has 5 heteroatoms. The molecule has 1 aromatic heterocycles. The molecule has 1 aromatic carbocycles. The number of thioether (sulfide) groups is 1. The zero-order chi connectivity index (χ0) is 16.9. The molecule has 24 heavy (non-hydrogen) atoms. The molecule has 0 fully saturated rings. The molecule has 132 valence electrons. The molecule has 0 bridgehead atoms. The lowest BCUT2D eigenvalue weighted by molar-refractivity contribution is 0.125. The van der Waals surface area contributed by atoms with Crippen LogP contribution in [-0.4, -0.2) is 28.6 Å². The van der Waals surface area contributed by atoms with Crippen LogP contribution in [0.5, 0.6) is 5.75 Å². The first-order valence-electron chi connectivity index (χ1n) is 7.82. The van der Waals surface area contributed by atoms with Crippen LogP contribution in [0.4, 0.5) is 0 Å². The average Bonchev–Trinajstić information content (AvgIpc) is 2.52. The van der Waals surface area contributed by atoms with E-state index in [4.69, 9.17) is 4.74 Å². The van der Waals surface area contributed by atoms with Gasteiger partial charge in [-0.25, -0.2) is 4.98 Å². The zero-order valence-electron chi connectivity index (χ0n) is 14.7. The first-order chi connectivity index (χ1) is 10.9. The van der Waals surface area contributed by atoms with Gasteiger partial charge in [-0.2, -0.15) is 0 Å². The summed E-state index contributed by atoms with van der Waals surface area (Å²) in [6.07, 6.45) is 1.23. The summed E-state index contributed by atoms with van der Waals surface area (Å²) in [6, 6.07) is 12.0. The predicted octanol–water partition coefficient (Wildman–Crippen LogP) is 4.64. The van der Waals surface area contributed by atoms with Crippen molar-refractivity contribution in [2.45, 2.75) is 44.2 Å². The number of hydrogen-bond acceptors (Lipinski definition) is 4. The highest BCUT2D eigenvalue weighted by molar-refractivity contribution is 7.99. The second-order valence-corrected chi connectivity index (χ2v) is 7.73. The number of aliphatic hydroxyl groups excluding tert-OH is 1. The zero-order valence-corrected chi connectivity index (χ0v) is 16.3. The molecule has 0 saturated carbocycles. The average molecular weight is 368 g/mol. The smallest absolute Gasteiger partial charge is 0.123 e. The third-order valence-electron chi connectivity index (χ3n) is 3.44. The molecule has 1 atom stereocenters. The Morgan fingerprint density at radius 2 is 1.96 bits per heavy atom. The van der Waals surface area contributed by atoms with Gasteiger partial charge in [0.2, 0.25) is 0 Å². The van der Waals surface area contributed by atoms with Gasteiger partial charge in [0.15, 0.2) is 0 Å². The lowest BCUT2D eigenvalue weighted by atomic mass is 9.85. The third-order valence-corrected chi connectivity index (χ3v) is 4.52. The van der Waals surface area contributed by atoms with E-state index in [1.165, 1.54) is 22.9 Å². The van der Waals surface area contributed by atoms with Crippen molar-refractivity contribution in [2.75, 3.05) is 12.4 Å². The van der Waals surface area contributed by atoms with Crippen molar-refractivity contribution in [2.24, 2.45) is 0 Å². The number of ether oxygens (including phenoxy) is 1. The van der Waals surface area contributed by atoms with Gasteiger partial charge in [0.1, 0.15) is 12.4 Å². The van der Waals surface area contributed by atoms with E-state index in [-0.39, 0.29) is 24.4 Å². The molecule has 1 unspecified atom stereocenters. The fraction of sp³-hybridized carbons (Fsp3) is 0.421. The van der Waals surface area contributed by atoms with Crippen LogP contribution in [0.3, 0.4) is 0 Å². The van der Waals surface area contributed by atoms with E-state index in [1.807, 2.05) is 30.3 Å². The van der Waals surface area contributed by atoms with E-state index >= 15 is 0 Å². The van der Waals surface area contributed by atoms with Gasteiger partial charge in [-0.1, -0.05) is 44.5 Å². The van der Waals surface area contributed by atoms with Gasteiger partial charge >= 0.3 is 0 Å². The van der Waals surface area contributed by atoms with Crippen molar-refractivity contribution in [3.8, 4) is 5.75 Å². The van der Waals surface area contributed by atoms with Crippen molar-refractivity contribution >= 4 is 24.2 Å². The molecule has 0 radical (unpaired) electrons. The number of benzene rings is 1. The lowest BCUT2D eigenvalue weighted by Gasteiger charge is -2.24. The number of aryl methyl sites for hydroxylation is 1. The maximum Gasteiger partial charge on any atom is 0.123 e. The van der Waals surface area contributed by atoms with Gasteiger partial charge in [0.25, 0.3) is 0 Å². The minimum atomic E-state index is -0.531. The Balaban J connectivity index is 0.00000288. The molecule has 2 aromatic rings. The highest BCUT2D eigenvalue weighted by atomic mass is 35.5. The molecule has 1 heterocycles. The molecule has 1 N–H and O–H groups in total. The van der Waals surface area contributed by atoms with Crippen LogP contribution in [0.25, 0.3) is 0 Å². The summed E-state index contributed by atoms with van der Waals surface area (Å²) in [5, 5.41) is 11.1. The van der Waals surface area contributed by atoms with Gasteiger partial charge < -0.3 is 9.84 Å². The van der Waals surface area contributed by atoms with Crippen LogP contribution in [0, 0.1) is 6.92 Å². The third kappa shape index (κ3) is 6.34. The summed E-state index contributed by atoms with van der Waals surface area (Å²) in [5.41, 5.74) is 2.39. The highest BCUT2D eigenvalue weighted by Crippen LogP contribution is 2.32. The number of aromatic nitrogens is 1. The largest absolute Gasteiger partial charge is 0.491 e. The number of rotatable bonds is 6. The maximum atomic E-state index is 10.1. The first-order valence-corrected chi connectivity index (χ1v) is 8.80. The van der Waals surface area contributed by atoms with Gasteiger partial charge in [-0.05, 0) is 36.1 Å². The Morgan fingerprint density at radius 3 is 2.58 bits per heavy atom. The maximum absolute atomic E-state index is 10.1. The summed E-state index contributed by atoms with van der Waals surface area (Å²) >= 11 is 1.53. The molecule has 3 nitrogen and oxygen atoms in total. The fourth-order valence-corrected chi connectivity index (χ4v) is 2.97. The molecule has 0 aliphatic heterocycles. The second kappa shape index (κ2) is 9.30. The van der Waals surface area contributed by atoms with Gasteiger partial charge in [0.05, 0.1) is 11.1 Å². The summed E-state index contributed by atoms with van der Waals surface area (Å²) in [4.78, 5) is 4.24. The normalized spacial score (nSPS) is 12.4. The van der Waals surface area contributed by atoms with Crippen LogP contribution in [0.1, 0.15) is 31.9 Å². The number of halogens is 1. The predicted molar refractivity (Wildman–Crippen MR) is 104 cm³/mol. The van der Waals surface area contributed by atoms with Crippen LogP contribution in [0.15, 0.2) is 47.6 Å². The Labute approximate surface area is 155 Å². The van der Waals surface area contributed by atoms with Crippen LogP contribution in [0.2, 0.25) is 0 Å². The molecule has 0 aliphatic carbocycles. The number of hydrogen-bond donors (Lipinski definition) is 1. The van der Waals surface area contributed by atoms with Gasteiger partial charge in [0, 0.05) is 11.9 Å². The fourth-order valence-electron chi connectivity index (χ4n) is 2.20. The van der Waals surface area contributed by atoms with E-state index in [1.54, 1.807) is 6.20 Å². The molecule has 2 rings (SSSR count). The molecular formula is C19H26ClNO2S. The van der Waals surface area contributed by atoms with Crippen molar-refractivity contribution in [1.29, 1.82) is 0 Å². The second-order valence-electron chi connectivity index (χ2n) is 6.69. The highest BCUT2D eigenvalue weighted by Gasteiger charge is 2.19. The SMILES string of the molecule is Cc1ccc(OCC(O)CSc2ccccn2)c(C(C)(C)C)c1.Cl. The minimum absolute atomic E-state index is 0. The van der Waals surface area contributed by atoms with Crippen molar-refractivity contribution in [3.63, 3.8) is 0 Å². The van der Waals surface area contributed by atoms with Crippen molar-refractivity contribution in [1.82, 2.24) is 4.98 Å². The van der Waals surface area contributed by atoms with E-state index in [0.717, 1.165) is 10.8 Å². The topological polar surface area (TPSA) is 42.4 Å². The number of pyridine rings is 1. The number of aliphatic hydroxyl groups is 1. The Hall–Kier alpha value is -1.23. The van der Waals surface area contributed by atoms with Gasteiger partial charge in [-0.3, -0.25) is 0 Å². The molecule has 0 amide bonds. The van der Waals surface area contributed by atoms with E-state index in [0.29, 0.717) is 5.75 Å². The summed E-state index contributed by atoms with van der Waals surface area (Å²) in [6.45, 7) is 8.87. The molecular weight excluding hydrogens is 342 g/mol. The Kier molecular flexibility index (Phi) is 8.07. The Morgan fingerprint density at radius 1 is 1.21 bits per heavy atom. The van der Waals surface area contributed by atoms with Crippen LogP contribution >= 0.6 is 24.2 Å². The van der Waals surface area contributed by atoms with Gasteiger partial charge in [-0.15, -0.1) is 24.2 Å². The monoisotopic (exact) mass is 367 g/mol. The van der Waals surface area contributed by atoms with E-state index < -0.39 is 6.10 Å². The molecule has 0 saturated heterocycles. The molecule has 0 spiro atoms. The Bertz CT molecular complexity index is 629. The lowest BCUT2D eigenvalue weighted by Crippen LogP contribution is -2.22.